The molecule has 2 aliphatic rings. The van der Waals surface area contributed by atoms with Crippen molar-refractivity contribution < 1.29 is 18.4 Å². The van der Waals surface area contributed by atoms with Gasteiger partial charge >= 0.3 is 6.09 Å². The number of anilines is 1. The molecule has 2 unspecified atom stereocenters. The van der Waals surface area contributed by atoms with E-state index in [-0.39, 0.29) is 5.82 Å². The molecule has 2 aromatic rings. The first-order valence-corrected chi connectivity index (χ1v) is 10.5. The van der Waals surface area contributed by atoms with Gasteiger partial charge < -0.3 is 9.22 Å². The Kier molecular flexibility index (Phi) is 4.95. The molecule has 1 N–H and O–H groups in total. The van der Waals surface area contributed by atoms with E-state index in [1.807, 2.05) is 16.8 Å². The van der Waals surface area contributed by atoms with Crippen molar-refractivity contribution >= 4 is 23.1 Å². The average molecular weight is 390 g/mol. The SMILES string of the molecule is C[N+]1(C)C2CCC1CC(COC(=O)Nc1ccc(F)cc1-c1ccsc1)C2. The number of carbonyl (C=O) groups excluding carboxylic acids is 1. The first kappa shape index (κ1) is 18.4. The zero-order chi connectivity index (χ0) is 19.0. The largest absolute Gasteiger partial charge is 0.449 e. The number of ether oxygens (including phenoxy) is 1. The van der Waals surface area contributed by atoms with Crippen LogP contribution in [0, 0.1) is 11.7 Å². The van der Waals surface area contributed by atoms with Crippen molar-refractivity contribution in [3.8, 4) is 11.1 Å². The third-order valence-electron chi connectivity index (χ3n) is 6.43. The van der Waals surface area contributed by atoms with Gasteiger partial charge in [-0.3, -0.25) is 5.32 Å². The number of rotatable bonds is 4. The zero-order valence-corrected chi connectivity index (χ0v) is 16.6. The number of quaternary nitrogens is 1. The number of benzene rings is 1. The van der Waals surface area contributed by atoms with Crippen LogP contribution in [-0.4, -0.2) is 43.4 Å². The maximum Gasteiger partial charge on any atom is 0.411 e. The molecule has 1 aromatic carbocycles. The van der Waals surface area contributed by atoms with E-state index in [9.17, 15) is 9.18 Å². The Hall–Kier alpha value is -1.92. The van der Waals surface area contributed by atoms with Crippen LogP contribution in [0.2, 0.25) is 0 Å². The van der Waals surface area contributed by atoms with Gasteiger partial charge in [-0.2, -0.15) is 11.3 Å². The molecular weight excluding hydrogens is 363 g/mol. The number of hydrogen-bond acceptors (Lipinski definition) is 3. The Morgan fingerprint density at radius 1 is 1.26 bits per heavy atom. The number of carbonyl (C=O) groups is 1. The van der Waals surface area contributed by atoms with E-state index in [2.05, 4.69) is 19.4 Å². The Labute approximate surface area is 163 Å². The summed E-state index contributed by atoms with van der Waals surface area (Å²) in [5.74, 6) is 0.109. The van der Waals surface area contributed by atoms with Crippen LogP contribution >= 0.6 is 11.3 Å². The number of piperidine rings is 1. The van der Waals surface area contributed by atoms with Crippen LogP contribution in [0.4, 0.5) is 14.9 Å². The van der Waals surface area contributed by atoms with E-state index >= 15 is 0 Å². The highest BCUT2D eigenvalue weighted by atomic mass is 32.1. The maximum absolute atomic E-state index is 13.7. The molecule has 0 saturated carbocycles. The third kappa shape index (κ3) is 3.73. The van der Waals surface area contributed by atoms with Crippen molar-refractivity contribution in [3.63, 3.8) is 0 Å². The van der Waals surface area contributed by atoms with Gasteiger partial charge in [-0.05, 0) is 40.6 Å². The van der Waals surface area contributed by atoms with E-state index < -0.39 is 6.09 Å². The van der Waals surface area contributed by atoms with Gasteiger partial charge in [0.25, 0.3) is 0 Å². The maximum atomic E-state index is 13.7. The van der Waals surface area contributed by atoms with E-state index in [0.717, 1.165) is 22.9 Å². The first-order chi connectivity index (χ1) is 12.9. The van der Waals surface area contributed by atoms with Gasteiger partial charge in [-0.1, -0.05) is 0 Å². The molecule has 0 aliphatic carbocycles. The molecule has 1 amide bonds. The van der Waals surface area contributed by atoms with Gasteiger partial charge in [-0.25, -0.2) is 9.18 Å². The second-order valence-corrected chi connectivity index (χ2v) is 9.06. The average Bonchev–Trinajstić information content (AvgIpc) is 3.17. The molecule has 2 fully saturated rings. The summed E-state index contributed by atoms with van der Waals surface area (Å²) in [5.41, 5.74) is 2.13. The van der Waals surface area contributed by atoms with Crippen LogP contribution < -0.4 is 5.32 Å². The molecule has 0 spiro atoms. The molecule has 4 nitrogen and oxygen atoms in total. The van der Waals surface area contributed by atoms with Gasteiger partial charge in [0.2, 0.25) is 0 Å². The molecule has 2 aliphatic heterocycles. The summed E-state index contributed by atoms with van der Waals surface area (Å²) in [6.07, 6.45) is 4.32. The highest BCUT2D eigenvalue weighted by Crippen LogP contribution is 2.42. The Bertz CT molecular complexity index is 806. The highest BCUT2D eigenvalue weighted by Gasteiger charge is 2.48. The van der Waals surface area contributed by atoms with Crippen LogP contribution in [0.15, 0.2) is 35.0 Å². The van der Waals surface area contributed by atoms with Crippen molar-refractivity contribution in [2.75, 3.05) is 26.0 Å². The number of nitrogens with one attached hydrogen (secondary N) is 1. The van der Waals surface area contributed by atoms with E-state index in [1.54, 1.807) is 6.07 Å². The van der Waals surface area contributed by atoms with Gasteiger partial charge in [-0.15, -0.1) is 0 Å². The molecule has 2 saturated heterocycles. The fraction of sp³-hybridized carbons (Fsp3) is 0.476. The lowest BCUT2D eigenvalue weighted by Gasteiger charge is -2.44. The summed E-state index contributed by atoms with van der Waals surface area (Å²) in [5, 5.41) is 6.66. The van der Waals surface area contributed by atoms with Crippen LogP contribution in [0.25, 0.3) is 11.1 Å². The Morgan fingerprint density at radius 3 is 2.67 bits per heavy atom. The predicted molar refractivity (Wildman–Crippen MR) is 106 cm³/mol. The smallest absolute Gasteiger partial charge is 0.411 e. The fourth-order valence-electron chi connectivity index (χ4n) is 4.75. The van der Waals surface area contributed by atoms with Crippen molar-refractivity contribution in [2.24, 2.45) is 5.92 Å². The predicted octanol–water partition coefficient (Wildman–Crippen LogP) is 5.12. The Morgan fingerprint density at radius 2 is 2.00 bits per heavy atom. The minimum absolute atomic E-state index is 0.325. The van der Waals surface area contributed by atoms with Crippen molar-refractivity contribution in [2.45, 2.75) is 37.8 Å². The van der Waals surface area contributed by atoms with E-state index in [0.29, 0.717) is 35.9 Å². The van der Waals surface area contributed by atoms with E-state index in [1.165, 1.54) is 36.3 Å². The normalized spacial score (nSPS) is 26.0. The second kappa shape index (κ2) is 7.24. The molecule has 144 valence electrons. The summed E-state index contributed by atoms with van der Waals surface area (Å²) in [4.78, 5) is 12.3. The monoisotopic (exact) mass is 389 g/mol. The lowest BCUT2D eigenvalue weighted by molar-refractivity contribution is -0.931. The van der Waals surface area contributed by atoms with Crippen molar-refractivity contribution in [1.82, 2.24) is 0 Å². The molecule has 2 atom stereocenters. The number of amides is 1. The van der Waals surface area contributed by atoms with Gasteiger partial charge in [0.15, 0.2) is 0 Å². The molecule has 27 heavy (non-hydrogen) atoms. The summed E-state index contributed by atoms with van der Waals surface area (Å²) in [7, 11) is 4.65. The van der Waals surface area contributed by atoms with Crippen molar-refractivity contribution in [3.05, 3.63) is 40.8 Å². The number of hydrogen-bond donors (Lipinski definition) is 1. The van der Waals surface area contributed by atoms with Crippen LogP contribution in [0.5, 0.6) is 0 Å². The number of nitrogens with zero attached hydrogens (tertiary/aromatic N) is 1. The standard InChI is InChI=1S/C21H25FN2O2S/c1-24(2)17-4-5-18(24)10-14(9-17)12-26-21(25)23-20-6-3-16(22)11-19(20)15-7-8-27-13-15/h3,6-8,11,13-14,17-18H,4-5,9-10,12H2,1-2H3/p+1. The lowest BCUT2D eigenvalue weighted by Crippen LogP contribution is -2.55. The first-order valence-electron chi connectivity index (χ1n) is 9.52. The number of thiophene rings is 1. The van der Waals surface area contributed by atoms with Gasteiger partial charge in [0.05, 0.1) is 38.5 Å². The summed E-state index contributed by atoms with van der Waals surface area (Å²) >= 11 is 1.54. The quantitative estimate of drug-likeness (QED) is 0.737. The molecule has 3 heterocycles. The summed E-state index contributed by atoms with van der Waals surface area (Å²) < 4.78 is 20.3. The van der Waals surface area contributed by atoms with E-state index in [4.69, 9.17) is 4.74 Å². The van der Waals surface area contributed by atoms with Crippen LogP contribution in [0.3, 0.4) is 0 Å². The minimum atomic E-state index is -0.468. The van der Waals surface area contributed by atoms with Crippen molar-refractivity contribution in [1.29, 1.82) is 0 Å². The van der Waals surface area contributed by atoms with Gasteiger partial charge in [0, 0.05) is 37.2 Å². The molecule has 2 bridgehead atoms. The summed E-state index contributed by atoms with van der Waals surface area (Å²) in [6.45, 7) is 0.452. The molecule has 4 rings (SSSR count). The highest BCUT2D eigenvalue weighted by molar-refractivity contribution is 7.08. The number of halogens is 1. The topological polar surface area (TPSA) is 38.3 Å². The molecular formula is C21H26FN2O2S+. The molecule has 0 radical (unpaired) electrons. The number of fused-ring (bicyclic) bond motifs is 2. The van der Waals surface area contributed by atoms with Crippen LogP contribution in [-0.2, 0) is 4.74 Å². The second-order valence-electron chi connectivity index (χ2n) is 8.28. The van der Waals surface area contributed by atoms with Crippen LogP contribution in [0.1, 0.15) is 25.7 Å². The third-order valence-corrected chi connectivity index (χ3v) is 7.11. The molecule has 1 aromatic heterocycles. The fourth-order valence-corrected chi connectivity index (χ4v) is 5.41. The van der Waals surface area contributed by atoms with Gasteiger partial charge in [0.1, 0.15) is 5.82 Å². The summed E-state index contributed by atoms with van der Waals surface area (Å²) in [6, 6.07) is 7.66. The molecule has 6 heteroatoms. The lowest BCUT2D eigenvalue weighted by atomic mass is 9.90. The Balaban J connectivity index is 1.37. The zero-order valence-electron chi connectivity index (χ0n) is 15.8. The minimum Gasteiger partial charge on any atom is -0.449 e.